The fraction of sp³-hybridized carbons (Fsp3) is 0.235. The molecule has 0 fully saturated rings. The van der Waals surface area contributed by atoms with Crippen molar-refractivity contribution in [2.75, 3.05) is 14.1 Å². The van der Waals surface area contributed by atoms with E-state index < -0.39 is 0 Å². The first-order chi connectivity index (χ1) is 10.5. The third-order valence-corrected chi connectivity index (χ3v) is 3.72. The van der Waals surface area contributed by atoms with Gasteiger partial charge in [0, 0.05) is 22.4 Å². The van der Waals surface area contributed by atoms with Crippen LogP contribution in [-0.4, -0.2) is 25.4 Å². The van der Waals surface area contributed by atoms with Crippen LogP contribution in [0.5, 0.6) is 5.75 Å². The smallest absolute Gasteiger partial charge is 0.143 e. The zero-order chi connectivity index (χ0) is 16.1. The molecule has 3 nitrogen and oxygen atoms in total. The van der Waals surface area contributed by atoms with Gasteiger partial charge in [0.2, 0.25) is 0 Å². The average molecular weight is 338 g/mol. The highest BCUT2D eigenvalue weighted by Crippen LogP contribution is 2.30. The first kappa shape index (κ1) is 16.8. The summed E-state index contributed by atoms with van der Waals surface area (Å²) in [6, 6.07) is 11.4. The summed E-state index contributed by atoms with van der Waals surface area (Å²) >= 11 is 11.8. The predicted molar refractivity (Wildman–Crippen MR) is 92.4 cm³/mol. The minimum Gasteiger partial charge on any atom is -0.506 e. The molecule has 22 heavy (non-hydrogen) atoms. The lowest BCUT2D eigenvalue weighted by Gasteiger charge is -2.10. The Hall–Kier alpha value is -1.55. The molecule has 0 atom stereocenters. The second-order valence-electron chi connectivity index (χ2n) is 5.45. The van der Waals surface area contributed by atoms with Gasteiger partial charge in [0.25, 0.3) is 0 Å². The van der Waals surface area contributed by atoms with E-state index in [1.807, 2.05) is 12.1 Å². The number of aliphatic imine (C=N–C) groups is 1. The van der Waals surface area contributed by atoms with Crippen LogP contribution in [0.25, 0.3) is 0 Å². The fourth-order valence-electron chi connectivity index (χ4n) is 2.19. The molecule has 0 saturated carbocycles. The molecular weight excluding hydrogens is 319 g/mol. The highest BCUT2D eigenvalue weighted by atomic mass is 35.5. The third-order valence-electron chi connectivity index (χ3n) is 3.21. The lowest BCUT2D eigenvalue weighted by atomic mass is 10.1. The maximum Gasteiger partial charge on any atom is 0.143 e. The summed E-state index contributed by atoms with van der Waals surface area (Å²) in [6.45, 7) is 1.49. The summed E-state index contributed by atoms with van der Waals surface area (Å²) in [6.07, 6.45) is 1.60. The highest BCUT2D eigenvalue weighted by molar-refractivity contribution is 6.36. The number of phenolic OH excluding ortho intramolecular Hbond substituents is 1. The van der Waals surface area contributed by atoms with E-state index in [4.69, 9.17) is 23.2 Å². The second-order valence-corrected chi connectivity index (χ2v) is 6.29. The van der Waals surface area contributed by atoms with E-state index in [1.54, 1.807) is 12.3 Å². The van der Waals surface area contributed by atoms with Gasteiger partial charge in [-0.3, -0.25) is 4.99 Å². The van der Waals surface area contributed by atoms with Gasteiger partial charge in [0.1, 0.15) is 12.3 Å². The Bertz CT molecular complexity index is 684. The number of rotatable bonds is 5. The van der Waals surface area contributed by atoms with E-state index in [9.17, 15) is 5.11 Å². The maximum absolute atomic E-state index is 9.91. The molecule has 0 aliphatic rings. The first-order valence-electron chi connectivity index (χ1n) is 7.01. The minimum atomic E-state index is 0.000776. The van der Waals surface area contributed by atoms with Gasteiger partial charge in [-0.2, -0.15) is 0 Å². The van der Waals surface area contributed by atoms with Crippen LogP contribution in [-0.2, 0) is 13.1 Å². The molecule has 0 amide bonds. The second kappa shape index (κ2) is 7.63. The maximum atomic E-state index is 9.91. The van der Waals surface area contributed by atoms with Gasteiger partial charge >= 0.3 is 0 Å². The predicted octanol–water partition coefficient (Wildman–Crippen LogP) is 2.96. The number of phenols is 1. The Morgan fingerprint density at radius 1 is 1.14 bits per heavy atom. The van der Waals surface area contributed by atoms with Crippen molar-refractivity contribution in [3.05, 3.63) is 63.1 Å². The molecule has 2 aromatic rings. The van der Waals surface area contributed by atoms with E-state index >= 15 is 0 Å². The molecule has 2 aromatic carbocycles. The van der Waals surface area contributed by atoms with Gasteiger partial charge in [0.15, 0.2) is 0 Å². The van der Waals surface area contributed by atoms with Crippen molar-refractivity contribution < 1.29 is 10.0 Å². The lowest BCUT2D eigenvalue weighted by Crippen LogP contribution is -3.04. The number of nitrogens with one attached hydrogen (secondary N) is 1. The Morgan fingerprint density at radius 2 is 1.82 bits per heavy atom. The molecular formula is C17H19Cl2N2O+. The number of nitrogens with zero attached hydrogens (tertiary/aromatic N) is 1. The standard InChI is InChI=1S/C17H18Cl2N2O/c1-21(2)11-13-6-4-3-5-12(13)9-20-10-14-7-15(18)8-16(19)17(14)22/h3-8,10,22H,9,11H2,1-2H3/p+1. The Kier molecular flexibility index (Phi) is 5.83. The summed E-state index contributed by atoms with van der Waals surface area (Å²) < 4.78 is 0. The molecule has 5 heteroatoms. The summed E-state index contributed by atoms with van der Waals surface area (Å²) in [5.74, 6) is 0.000776. The zero-order valence-corrected chi connectivity index (χ0v) is 14.1. The van der Waals surface area contributed by atoms with Crippen molar-refractivity contribution in [1.29, 1.82) is 0 Å². The number of benzene rings is 2. The molecule has 0 spiro atoms. The van der Waals surface area contributed by atoms with E-state index in [2.05, 4.69) is 31.2 Å². The van der Waals surface area contributed by atoms with Crippen molar-refractivity contribution in [2.45, 2.75) is 13.1 Å². The Balaban J connectivity index is 2.17. The van der Waals surface area contributed by atoms with E-state index in [-0.39, 0.29) is 10.8 Å². The van der Waals surface area contributed by atoms with Crippen LogP contribution >= 0.6 is 23.2 Å². The number of halogens is 2. The summed E-state index contributed by atoms with van der Waals surface area (Å²) in [5.41, 5.74) is 2.97. The van der Waals surface area contributed by atoms with Crippen LogP contribution in [0.15, 0.2) is 41.4 Å². The van der Waals surface area contributed by atoms with Crippen molar-refractivity contribution in [1.82, 2.24) is 0 Å². The van der Waals surface area contributed by atoms with Crippen molar-refractivity contribution >= 4 is 29.4 Å². The number of hydrogen-bond acceptors (Lipinski definition) is 2. The molecule has 0 unspecified atom stereocenters. The van der Waals surface area contributed by atoms with Gasteiger partial charge in [-0.1, -0.05) is 47.5 Å². The SMILES string of the molecule is C[NH+](C)Cc1ccccc1CN=Cc1cc(Cl)cc(Cl)c1O. The van der Waals surface area contributed by atoms with E-state index in [0.717, 1.165) is 6.54 Å². The molecule has 0 saturated heterocycles. The van der Waals surface area contributed by atoms with Crippen LogP contribution in [0.4, 0.5) is 0 Å². The zero-order valence-electron chi connectivity index (χ0n) is 12.6. The van der Waals surface area contributed by atoms with Gasteiger partial charge in [0.05, 0.1) is 25.7 Å². The molecule has 116 valence electrons. The normalized spacial score (nSPS) is 11.5. The monoisotopic (exact) mass is 337 g/mol. The molecule has 0 aromatic heterocycles. The molecule has 2 N–H and O–H groups in total. The summed E-state index contributed by atoms with van der Waals surface area (Å²) in [4.78, 5) is 5.77. The van der Waals surface area contributed by atoms with Crippen molar-refractivity contribution in [3.63, 3.8) is 0 Å². The van der Waals surface area contributed by atoms with E-state index in [1.165, 1.54) is 22.1 Å². The van der Waals surface area contributed by atoms with Crippen molar-refractivity contribution in [2.24, 2.45) is 4.99 Å². The van der Waals surface area contributed by atoms with Crippen LogP contribution in [0.3, 0.4) is 0 Å². The van der Waals surface area contributed by atoms with Crippen LogP contribution < -0.4 is 4.90 Å². The van der Waals surface area contributed by atoms with Gasteiger partial charge in [-0.05, 0) is 17.7 Å². The van der Waals surface area contributed by atoms with Gasteiger partial charge in [-0.15, -0.1) is 0 Å². The van der Waals surface area contributed by atoms with Crippen molar-refractivity contribution in [3.8, 4) is 5.75 Å². The third kappa shape index (κ3) is 4.47. The quantitative estimate of drug-likeness (QED) is 0.808. The molecule has 0 bridgehead atoms. The number of aromatic hydroxyl groups is 1. The lowest BCUT2D eigenvalue weighted by molar-refractivity contribution is -0.872. The topological polar surface area (TPSA) is 37.0 Å². The number of hydrogen-bond donors (Lipinski definition) is 2. The largest absolute Gasteiger partial charge is 0.506 e. The fourth-order valence-corrected chi connectivity index (χ4v) is 2.70. The summed E-state index contributed by atoms with van der Waals surface area (Å²) in [5, 5.41) is 10.6. The molecule has 0 aliphatic carbocycles. The molecule has 2 rings (SSSR count). The summed E-state index contributed by atoms with van der Waals surface area (Å²) in [7, 11) is 4.23. The average Bonchev–Trinajstić information content (AvgIpc) is 2.45. The van der Waals surface area contributed by atoms with Crippen LogP contribution in [0.1, 0.15) is 16.7 Å². The first-order valence-corrected chi connectivity index (χ1v) is 7.76. The van der Waals surface area contributed by atoms with E-state index in [0.29, 0.717) is 17.1 Å². The van der Waals surface area contributed by atoms with Gasteiger partial charge < -0.3 is 10.0 Å². The highest BCUT2D eigenvalue weighted by Gasteiger charge is 2.07. The minimum absolute atomic E-state index is 0.000776. The van der Waals surface area contributed by atoms with Gasteiger partial charge in [-0.25, -0.2) is 0 Å². The Labute approximate surface area is 140 Å². The van der Waals surface area contributed by atoms with Crippen LogP contribution in [0, 0.1) is 0 Å². The molecule has 0 radical (unpaired) electrons. The molecule has 0 aliphatic heterocycles. The Morgan fingerprint density at radius 3 is 2.50 bits per heavy atom. The van der Waals surface area contributed by atoms with Crippen LogP contribution in [0.2, 0.25) is 10.0 Å². The molecule has 0 heterocycles. The number of quaternary nitrogens is 1.